The molecule has 1 aliphatic carbocycles. The van der Waals surface area contributed by atoms with Crippen LogP contribution in [0.3, 0.4) is 0 Å². The van der Waals surface area contributed by atoms with E-state index in [1.807, 2.05) is 4.90 Å². The third-order valence-electron chi connectivity index (χ3n) is 3.24. The van der Waals surface area contributed by atoms with Crippen LogP contribution in [0, 0.1) is 10.1 Å². The number of benzene rings is 1. The quantitative estimate of drug-likeness (QED) is 0.598. The largest absolute Gasteiger partial charge is 0.480 e. The highest BCUT2D eigenvalue weighted by atomic mass is 16.6. The molecule has 1 aromatic rings. The number of aliphatic carboxylic acids is 1. The summed E-state index contributed by atoms with van der Waals surface area (Å²) in [5.74, 6) is -0.810. The maximum atomic E-state index is 10.8. The second kappa shape index (κ2) is 5.79. The molecule has 0 bridgehead atoms. The van der Waals surface area contributed by atoms with E-state index in [1.54, 1.807) is 12.1 Å². The fourth-order valence-electron chi connectivity index (χ4n) is 2.06. The van der Waals surface area contributed by atoms with Crippen molar-refractivity contribution in [1.82, 2.24) is 4.90 Å². The Labute approximate surface area is 110 Å². The van der Waals surface area contributed by atoms with E-state index in [-0.39, 0.29) is 12.2 Å². The van der Waals surface area contributed by atoms with Gasteiger partial charge in [0.25, 0.3) is 5.69 Å². The van der Waals surface area contributed by atoms with E-state index in [4.69, 9.17) is 5.11 Å². The van der Waals surface area contributed by atoms with Crippen LogP contribution in [-0.2, 0) is 11.2 Å². The Morgan fingerprint density at radius 3 is 2.47 bits per heavy atom. The van der Waals surface area contributed by atoms with Crippen molar-refractivity contribution in [1.29, 1.82) is 0 Å². The van der Waals surface area contributed by atoms with Gasteiger partial charge in [-0.05, 0) is 24.8 Å². The Bertz CT molecular complexity index is 468. The number of non-ortho nitro benzene ring substituents is 1. The summed E-state index contributed by atoms with van der Waals surface area (Å²) in [6.45, 7) is 0.742. The van der Waals surface area contributed by atoms with Crippen LogP contribution in [0.15, 0.2) is 24.3 Å². The number of nitrogens with zero attached hydrogens (tertiary/aromatic N) is 2. The average molecular weight is 264 g/mol. The molecular weight excluding hydrogens is 248 g/mol. The van der Waals surface area contributed by atoms with Gasteiger partial charge in [0.1, 0.15) is 0 Å². The Hall–Kier alpha value is -1.95. The molecule has 0 heterocycles. The van der Waals surface area contributed by atoms with Gasteiger partial charge < -0.3 is 5.11 Å². The minimum atomic E-state index is -0.810. The molecular formula is C13H16N2O4. The van der Waals surface area contributed by atoms with E-state index in [0.717, 1.165) is 18.4 Å². The van der Waals surface area contributed by atoms with Gasteiger partial charge in [-0.25, -0.2) is 0 Å². The van der Waals surface area contributed by atoms with Gasteiger partial charge in [0.15, 0.2) is 0 Å². The van der Waals surface area contributed by atoms with Crippen LogP contribution < -0.4 is 0 Å². The molecule has 1 fully saturated rings. The number of hydrogen-bond donors (Lipinski definition) is 1. The molecule has 0 amide bonds. The molecule has 19 heavy (non-hydrogen) atoms. The van der Waals surface area contributed by atoms with E-state index in [2.05, 4.69) is 0 Å². The smallest absolute Gasteiger partial charge is 0.317 e. The topological polar surface area (TPSA) is 83.7 Å². The first-order valence-electron chi connectivity index (χ1n) is 6.25. The van der Waals surface area contributed by atoms with E-state index in [1.165, 1.54) is 12.1 Å². The highest BCUT2D eigenvalue weighted by Gasteiger charge is 2.29. The Morgan fingerprint density at radius 1 is 1.37 bits per heavy atom. The highest BCUT2D eigenvalue weighted by molar-refractivity contribution is 5.69. The van der Waals surface area contributed by atoms with E-state index in [9.17, 15) is 14.9 Å². The fourth-order valence-corrected chi connectivity index (χ4v) is 2.06. The van der Waals surface area contributed by atoms with Crippen LogP contribution in [0.2, 0.25) is 0 Å². The van der Waals surface area contributed by atoms with Crippen molar-refractivity contribution in [3.63, 3.8) is 0 Å². The number of hydrogen-bond acceptors (Lipinski definition) is 4. The van der Waals surface area contributed by atoms with Crippen molar-refractivity contribution < 1.29 is 14.8 Å². The summed E-state index contributed by atoms with van der Waals surface area (Å²) < 4.78 is 0. The van der Waals surface area contributed by atoms with E-state index >= 15 is 0 Å². The van der Waals surface area contributed by atoms with Gasteiger partial charge in [0, 0.05) is 24.7 Å². The molecule has 6 heteroatoms. The van der Waals surface area contributed by atoms with Crippen molar-refractivity contribution in [3.8, 4) is 0 Å². The summed E-state index contributed by atoms with van der Waals surface area (Å²) in [6.07, 6.45) is 2.84. The minimum Gasteiger partial charge on any atom is -0.480 e. The second-order valence-corrected chi connectivity index (χ2v) is 4.77. The SMILES string of the molecule is O=C(O)CN(CCc1ccc([N+](=O)[O-])cc1)C1CC1. The van der Waals surface area contributed by atoms with Crippen LogP contribution in [0.4, 0.5) is 5.69 Å². The van der Waals surface area contributed by atoms with Crippen LogP contribution >= 0.6 is 0 Å². The van der Waals surface area contributed by atoms with E-state index in [0.29, 0.717) is 19.0 Å². The normalized spacial score (nSPS) is 14.6. The van der Waals surface area contributed by atoms with Crippen LogP contribution in [0.1, 0.15) is 18.4 Å². The number of carboxylic acids is 1. The molecule has 1 N–H and O–H groups in total. The monoisotopic (exact) mass is 264 g/mol. The van der Waals surface area contributed by atoms with Crippen molar-refractivity contribution >= 4 is 11.7 Å². The maximum Gasteiger partial charge on any atom is 0.317 e. The molecule has 0 atom stereocenters. The van der Waals surface area contributed by atoms with Gasteiger partial charge in [-0.1, -0.05) is 12.1 Å². The number of carboxylic acid groups (broad SMARTS) is 1. The first-order chi connectivity index (χ1) is 9.06. The molecule has 0 aliphatic heterocycles. The molecule has 0 aromatic heterocycles. The summed E-state index contributed by atoms with van der Waals surface area (Å²) in [5, 5.41) is 19.4. The minimum absolute atomic E-state index is 0.0671. The lowest BCUT2D eigenvalue weighted by Crippen LogP contribution is -2.33. The van der Waals surface area contributed by atoms with Crippen molar-refractivity contribution in [2.45, 2.75) is 25.3 Å². The van der Waals surface area contributed by atoms with Crippen LogP contribution in [-0.4, -0.2) is 40.0 Å². The Morgan fingerprint density at radius 2 is 2.00 bits per heavy atom. The molecule has 0 spiro atoms. The van der Waals surface area contributed by atoms with Crippen molar-refractivity contribution in [3.05, 3.63) is 39.9 Å². The van der Waals surface area contributed by atoms with Crippen LogP contribution in [0.5, 0.6) is 0 Å². The van der Waals surface area contributed by atoms with Gasteiger partial charge >= 0.3 is 5.97 Å². The lowest BCUT2D eigenvalue weighted by atomic mass is 10.1. The zero-order chi connectivity index (χ0) is 13.8. The fraction of sp³-hybridized carbons (Fsp3) is 0.462. The molecule has 1 saturated carbocycles. The first kappa shape index (κ1) is 13.5. The molecule has 1 aliphatic rings. The Kier molecular flexibility index (Phi) is 4.11. The summed E-state index contributed by atoms with van der Waals surface area (Å²) in [4.78, 5) is 22.8. The zero-order valence-corrected chi connectivity index (χ0v) is 10.5. The number of nitro groups is 1. The van der Waals surface area contributed by atoms with Crippen molar-refractivity contribution in [2.24, 2.45) is 0 Å². The van der Waals surface area contributed by atoms with Gasteiger partial charge in [-0.3, -0.25) is 19.8 Å². The first-order valence-corrected chi connectivity index (χ1v) is 6.25. The summed E-state index contributed by atoms with van der Waals surface area (Å²) in [7, 11) is 0. The number of rotatable bonds is 7. The molecule has 0 saturated heterocycles. The standard InChI is InChI=1S/C13H16N2O4/c16-13(17)9-14(11-5-6-11)8-7-10-1-3-12(4-2-10)15(18)19/h1-4,11H,5-9H2,(H,16,17). The molecule has 6 nitrogen and oxygen atoms in total. The van der Waals surface area contributed by atoms with Crippen LogP contribution in [0.25, 0.3) is 0 Å². The maximum absolute atomic E-state index is 10.8. The van der Waals surface area contributed by atoms with Gasteiger partial charge in [-0.15, -0.1) is 0 Å². The lowest BCUT2D eigenvalue weighted by Gasteiger charge is -2.19. The molecule has 0 unspecified atom stereocenters. The number of nitro benzene ring substituents is 1. The summed E-state index contributed by atoms with van der Waals surface area (Å²) in [5.41, 5.74) is 1.06. The molecule has 0 radical (unpaired) electrons. The second-order valence-electron chi connectivity index (χ2n) is 4.77. The third-order valence-corrected chi connectivity index (χ3v) is 3.24. The lowest BCUT2D eigenvalue weighted by molar-refractivity contribution is -0.384. The highest BCUT2D eigenvalue weighted by Crippen LogP contribution is 2.26. The predicted molar refractivity (Wildman–Crippen MR) is 69.0 cm³/mol. The van der Waals surface area contributed by atoms with Gasteiger partial charge in [0.2, 0.25) is 0 Å². The summed E-state index contributed by atoms with van der Waals surface area (Å²) in [6, 6.07) is 6.81. The Balaban J connectivity index is 1.89. The van der Waals surface area contributed by atoms with E-state index < -0.39 is 10.9 Å². The number of carbonyl (C=O) groups is 1. The van der Waals surface area contributed by atoms with Crippen molar-refractivity contribution in [2.75, 3.05) is 13.1 Å². The molecule has 102 valence electrons. The molecule has 1 aromatic carbocycles. The summed E-state index contributed by atoms with van der Waals surface area (Å²) >= 11 is 0. The third kappa shape index (κ3) is 4.03. The average Bonchev–Trinajstić information content (AvgIpc) is 3.18. The zero-order valence-electron chi connectivity index (χ0n) is 10.5. The molecule has 2 rings (SSSR count). The van der Waals surface area contributed by atoms with Gasteiger partial charge in [0.05, 0.1) is 11.5 Å². The van der Waals surface area contributed by atoms with Gasteiger partial charge in [-0.2, -0.15) is 0 Å². The predicted octanol–water partition coefficient (Wildman–Crippen LogP) is 1.69.